The van der Waals surface area contributed by atoms with Crippen molar-refractivity contribution in [2.75, 3.05) is 27.4 Å². The Labute approximate surface area is 178 Å². The van der Waals surface area contributed by atoms with Gasteiger partial charge in [0, 0.05) is 22.3 Å². The van der Waals surface area contributed by atoms with Gasteiger partial charge in [-0.15, -0.1) is 0 Å². The smallest absolute Gasteiger partial charge is 0.220 e. The minimum atomic E-state index is -1.66. The lowest BCUT2D eigenvalue weighted by Gasteiger charge is -2.37. The first-order chi connectivity index (χ1) is 15.0. The molecular weight excluding hydrogens is 400 g/mol. The monoisotopic (exact) mass is 420 g/mol. The summed E-state index contributed by atoms with van der Waals surface area (Å²) >= 11 is 0. The van der Waals surface area contributed by atoms with Crippen molar-refractivity contribution in [2.45, 2.75) is 17.8 Å². The number of hydrogen-bond acceptors (Lipinski definition) is 7. The number of ether oxygens (including phenoxy) is 4. The molecule has 158 valence electrons. The standard InChI is InChI=1S/C24H20O7/c1-28-15-7-3-5-13-17(15)21(25)12-11-23(13,27)20-19(12)24(30-9-10-31-24)14-6-4-8-16(29-2)18(14)22(20)26/h3-8,12,27H,9-11H2,1-2H3/t12-,23-/m1/s1. The summed E-state index contributed by atoms with van der Waals surface area (Å²) < 4.78 is 23.2. The zero-order chi connectivity index (χ0) is 21.5. The van der Waals surface area contributed by atoms with Crippen molar-refractivity contribution in [1.82, 2.24) is 0 Å². The van der Waals surface area contributed by atoms with Crippen LogP contribution in [0, 0.1) is 5.92 Å². The van der Waals surface area contributed by atoms with E-state index in [1.54, 1.807) is 36.4 Å². The molecule has 2 aromatic carbocycles. The minimum Gasteiger partial charge on any atom is -0.496 e. The third kappa shape index (κ3) is 2.04. The number of aliphatic hydroxyl groups is 1. The molecule has 1 saturated heterocycles. The van der Waals surface area contributed by atoms with Gasteiger partial charge < -0.3 is 24.1 Å². The second-order valence-electron chi connectivity index (χ2n) is 8.18. The molecule has 0 amide bonds. The Balaban J connectivity index is 1.70. The summed E-state index contributed by atoms with van der Waals surface area (Å²) in [7, 11) is 2.97. The fourth-order valence-corrected chi connectivity index (χ4v) is 5.75. The van der Waals surface area contributed by atoms with Crippen LogP contribution in [0.3, 0.4) is 0 Å². The molecule has 0 aromatic heterocycles. The molecule has 1 heterocycles. The molecule has 4 aliphatic rings. The third-order valence-corrected chi connectivity index (χ3v) is 6.89. The van der Waals surface area contributed by atoms with Crippen molar-refractivity contribution < 1.29 is 33.6 Å². The first kappa shape index (κ1) is 18.7. The highest BCUT2D eigenvalue weighted by Gasteiger charge is 2.65. The molecule has 1 spiro atoms. The predicted octanol–water partition coefficient (Wildman–Crippen LogP) is 2.50. The van der Waals surface area contributed by atoms with E-state index >= 15 is 0 Å². The maximum atomic E-state index is 13.9. The van der Waals surface area contributed by atoms with Crippen LogP contribution in [-0.4, -0.2) is 44.1 Å². The summed E-state index contributed by atoms with van der Waals surface area (Å²) in [5.74, 6) is -2.01. The SMILES string of the molecule is COc1cccc2c1C(=O)C1=C([C@H]3C[C@@]1(O)c1cccc(OC)c1C3=O)C21OCCO1. The molecule has 3 aliphatic carbocycles. The van der Waals surface area contributed by atoms with Crippen molar-refractivity contribution in [2.24, 2.45) is 5.92 Å². The first-order valence-corrected chi connectivity index (χ1v) is 10.2. The summed E-state index contributed by atoms with van der Waals surface area (Å²) in [6, 6.07) is 10.3. The van der Waals surface area contributed by atoms with Crippen LogP contribution >= 0.6 is 0 Å². The zero-order valence-corrected chi connectivity index (χ0v) is 17.1. The van der Waals surface area contributed by atoms with E-state index in [0.29, 0.717) is 52.5 Å². The average molecular weight is 420 g/mol. The van der Waals surface area contributed by atoms with E-state index in [-0.39, 0.29) is 23.6 Å². The molecule has 7 heteroatoms. The number of carbonyl (C=O) groups is 2. The maximum Gasteiger partial charge on any atom is 0.220 e. The second-order valence-corrected chi connectivity index (χ2v) is 8.18. The number of fused-ring (bicyclic) bond motifs is 9. The van der Waals surface area contributed by atoms with Gasteiger partial charge in [-0.1, -0.05) is 24.3 Å². The number of ketones is 2. The summed E-state index contributed by atoms with van der Waals surface area (Å²) in [5, 5.41) is 12.0. The minimum absolute atomic E-state index is 0.0627. The molecule has 2 atom stereocenters. The molecule has 6 rings (SSSR count). The van der Waals surface area contributed by atoms with Gasteiger partial charge >= 0.3 is 0 Å². The molecule has 0 radical (unpaired) electrons. The molecule has 31 heavy (non-hydrogen) atoms. The van der Waals surface area contributed by atoms with Crippen molar-refractivity contribution in [3.63, 3.8) is 0 Å². The van der Waals surface area contributed by atoms with Gasteiger partial charge in [0.05, 0.1) is 44.5 Å². The van der Waals surface area contributed by atoms with Crippen LogP contribution in [0.2, 0.25) is 0 Å². The van der Waals surface area contributed by atoms with Crippen molar-refractivity contribution in [1.29, 1.82) is 0 Å². The lowest BCUT2D eigenvalue weighted by molar-refractivity contribution is -0.138. The molecule has 7 nitrogen and oxygen atoms in total. The molecule has 2 aromatic rings. The average Bonchev–Trinajstić information content (AvgIpc) is 3.38. The summed E-state index contributed by atoms with van der Waals surface area (Å²) in [6.45, 7) is 0.606. The van der Waals surface area contributed by atoms with Gasteiger partial charge in [0.15, 0.2) is 11.6 Å². The number of benzene rings is 2. The van der Waals surface area contributed by atoms with Gasteiger partial charge in [0.1, 0.15) is 17.1 Å². The van der Waals surface area contributed by atoms with Crippen molar-refractivity contribution in [3.8, 4) is 11.5 Å². The Morgan fingerprint density at radius 2 is 1.55 bits per heavy atom. The van der Waals surface area contributed by atoms with E-state index in [4.69, 9.17) is 18.9 Å². The molecule has 1 fully saturated rings. The third-order valence-electron chi connectivity index (χ3n) is 6.89. The quantitative estimate of drug-likeness (QED) is 0.798. The Hall–Kier alpha value is -3.00. The number of carbonyl (C=O) groups excluding carboxylic acids is 2. The molecule has 2 bridgehead atoms. The van der Waals surface area contributed by atoms with Crippen LogP contribution in [-0.2, 0) is 20.9 Å². The molecule has 1 N–H and O–H groups in total. The second kappa shape index (κ2) is 6.03. The van der Waals surface area contributed by atoms with Crippen molar-refractivity contribution >= 4 is 11.6 Å². The Morgan fingerprint density at radius 1 is 0.935 bits per heavy atom. The van der Waals surface area contributed by atoms with Crippen LogP contribution in [0.4, 0.5) is 0 Å². The van der Waals surface area contributed by atoms with Crippen LogP contribution in [0.1, 0.15) is 38.3 Å². The van der Waals surface area contributed by atoms with Gasteiger partial charge in [-0.25, -0.2) is 0 Å². The largest absolute Gasteiger partial charge is 0.496 e. The van der Waals surface area contributed by atoms with Gasteiger partial charge in [-0.3, -0.25) is 9.59 Å². The van der Waals surface area contributed by atoms with E-state index in [1.165, 1.54) is 14.2 Å². The fourth-order valence-electron chi connectivity index (χ4n) is 5.75. The molecule has 0 unspecified atom stereocenters. The van der Waals surface area contributed by atoms with Gasteiger partial charge in [-0.2, -0.15) is 0 Å². The summed E-state index contributed by atoms with van der Waals surface area (Å²) in [4.78, 5) is 27.5. The Kier molecular flexibility index (Phi) is 3.65. The van der Waals surface area contributed by atoms with Crippen LogP contribution in [0.15, 0.2) is 47.5 Å². The van der Waals surface area contributed by atoms with E-state index in [1.807, 2.05) is 0 Å². The van der Waals surface area contributed by atoms with Crippen LogP contribution in [0.5, 0.6) is 11.5 Å². The lowest BCUT2D eigenvalue weighted by atomic mass is 9.74. The topological polar surface area (TPSA) is 91.3 Å². The molecular formula is C24H20O7. The Morgan fingerprint density at radius 3 is 2.19 bits per heavy atom. The zero-order valence-electron chi connectivity index (χ0n) is 17.1. The number of Topliss-reactive ketones (excluding diaryl/α,β-unsaturated/α-hetero) is 2. The Bertz CT molecular complexity index is 1200. The van der Waals surface area contributed by atoms with E-state index < -0.39 is 17.3 Å². The molecule has 0 saturated carbocycles. The van der Waals surface area contributed by atoms with Gasteiger partial charge in [0.25, 0.3) is 0 Å². The van der Waals surface area contributed by atoms with Crippen LogP contribution < -0.4 is 9.47 Å². The van der Waals surface area contributed by atoms with E-state index in [0.717, 1.165) is 0 Å². The summed E-state index contributed by atoms with van der Waals surface area (Å²) in [6.07, 6.45) is 0.0627. The van der Waals surface area contributed by atoms with Gasteiger partial charge in [-0.05, 0) is 18.6 Å². The highest BCUT2D eigenvalue weighted by molar-refractivity contribution is 6.19. The van der Waals surface area contributed by atoms with Crippen LogP contribution in [0.25, 0.3) is 0 Å². The van der Waals surface area contributed by atoms with Crippen molar-refractivity contribution in [3.05, 3.63) is 69.8 Å². The number of hydrogen-bond donors (Lipinski definition) is 1. The van der Waals surface area contributed by atoms with E-state index in [2.05, 4.69) is 0 Å². The lowest BCUT2D eigenvalue weighted by Crippen LogP contribution is -2.40. The highest BCUT2D eigenvalue weighted by Crippen LogP contribution is 2.63. The van der Waals surface area contributed by atoms with E-state index in [9.17, 15) is 14.7 Å². The number of rotatable bonds is 2. The maximum absolute atomic E-state index is 13.9. The highest BCUT2D eigenvalue weighted by atomic mass is 16.7. The first-order valence-electron chi connectivity index (χ1n) is 10.2. The number of methoxy groups -OCH3 is 2. The fraction of sp³-hybridized carbons (Fsp3) is 0.333. The predicted molar refractivity (Wildman–Crippen MR) is 107 cm³/mol. The summed E-state index contributed by atoms with van der Waals surface area (Å²) in [5.41, 5.74) is 0.373. The van der Waals surface area contributed by atoms with Gasteiger partial charge in [0.2, 0.25) is 5.79 Å². The normalized spacial score (nSPS) is 27.3. The molecule has 1 aliphatic heterocycles.